The van der Waals surface area contributed by atoms with Crippen LogP contribution in [0.25, 0.3) is 0 Å². The molecule has 0 unspecified atom stereocenters. The number of hydrogen-bond donors (Lipinski definition) is 1. The van der Waals surface area contributed by atoms with Crippen LogP contribution in [0.2, 0.25) is 0 Å². The van der Waals surface area contributed by atoms with Gasteiger partial charge in [0.2, 0.25) is 10.0 Å². The highest BCUT2D eigenvalue weighted by molar-refractivity contribution is 7.89. The van der Waals surface area contributed by atoms with Crippen molar-refractivity contribution in [1.82, 2.24) is 9.62 Å². The van der Waals surface area contributed by atoms with Gasteiger partial charge >= 0.3 is 0 Å². The Hall–Kier alpha value is -0.170. The number of methoxy groups -OCH3 is 1. The molecule has 1 aliphatic heterocycles. The molecule has 18 heavy (non-hydrogen) atoms. The Balaban J connectivity index is 2.47. The molecule has 0 atom stereocenters. The van der Waals surface area contributed by atoms with Crippen molar-refractivity contribution in [3.8, 4) is 0 Å². The molecular weight excluding hydrogens is 252 g/mol. The minimum absolute atomic E-state index is 0.194. The zero-order chi connectivity index (χ0) is 13.4. The summed E-state index contributed by atoms with van der Waals surface area (Å²) in [6, 6.07) is 0. The summed E-state index contributed by atoms with van der Waals surface area (Å²) in [5.74, 6) is 0.697. The highest BCUT2D eigenvalue weighted by Gasteiger charge is 2.24. The van der Waals surface area contributed by atoms with E-state index in [9.17, 15) is 8.42 Å². The van der Waals surface area contributed by atoms with E-state index in [1.807, 2.05) is 6.92 Å². The van der Waals surface area contributed by atoms with Gasteiger partial charge in [-0.1, -0.05) is 6.92 Å². The molecule has 0 amide bonds. The fourth-order valence-electron chi connectivity index (χ4n) is 2.31. The first-order valence-electron chi connectivity index (χ1n) is 6.77. The number of nitrogens with one attached hydrogen (secondary N) is 1. The highest BCUT2D eigenvalue weighted by atomic mass is 32.2. The second-order valence-corrected chi connectivity index (χ2v) is 6.89. The van der Waals surface area contributed by atoms with Crippen molar-refractivity contribution in [3.05, 3.63) is 0 Å². The van der Waals surface area contributed by atoms with Crippen LogP contribution in [0.3, 0.4) is 0 Å². The molecule has 1 heterocycles. The van der Waals surface area contributed by atoms with Crippen molar-refractivity contribution in [2.45, 2.75) is 26.2 Å². The van der Waals surface area contributed by atoms with Crippen molar-refractivity contribution in [3.63, 3.8) is 0 Å². The summed E-state index contributed by atoms with van der Waals surface area (Å²) in [6.07, 6.45) is 2.72. The summed E-state index contributed by atoms with van der Waals surface area (Å²) >= 11 is 0. The van der Waals surface area contributed by atoms with Crippen LogP contribution in [-0.4, -0.2) is 58.4 Å². The summed E-state index contributed by atoms with van der Waals surface area (Å²) in [4.78, 5) is 0. The molecule has 0 aliphatic carbocycles. The zero-order valence-corrected chi connectivity index (χ0v) is 12.3. The van der Waals surface area contributed by atoms with Crippen molar-refractivity contribution in [1.29, 1.82) is 0 Å². The minimum Gasteiger partial charge on any atom is -0.385 e. The van der Waals surface area contributed by atoms with Gasteiger partial charge in [-0.3, -0.25) is 0 Å². The maximum atomic E-state index is 12.2. The van der Waals surface area contributed by atoms with Crippen molar-refractivity contribution in [2.75, 3.05) is 45.6 Å². The predicted molar refractivity (Wildman–Crippen MR) is 73.1 cm³/mol. The van der Waals surface area contributed by atoms with E-state index in [0.29, 0.717) is 32.0 Å². The van der Waals surface area contributed by atoms with Gasteiger partial charge in [0, 0.05) is 26.8 Å². The van der Waals surface area contributed by atoms with Crippen LogP contribution in [0.15, 0.2) is 0 Å². The lowest BCUT2D eigenvalue weighted by Crippen LogP contribution is -2.40. The van der Waals surface area contributed by atoms with Crippen molar-refractivity contribution < 1.29 is 13.2 Å². The lowest BCUT2D eigenvalue weighted by atomic mass is 9.98. The van der Waals surface area contributed by atoms with Gasteiger partial charge in [0.05, 0.1) is 5.75 Å². The first-order chi connectivity index (χ1) is 8.60. The quantitative estimate of drug-likeness (QED) is 0.663. The SMILES string of the molecule is CCN(CC1CCNCC1)S(=O)(=O)CCCOC. The maximum Gasteiger partial charge on any atom is 0.214 e. The molecule has 1 aliphatic rings. The molecule has 0 bridgehead atoms. The average Bonchev–Trinajstić information content (AvgIpc) is 2.37. The van der Waals surface area contributed by atoms with Gasteiger partial charge in [-0.15, -0.1) is 0 Å². The molecule has 108 valence electrons. The molecule has 0 saturated carbocycles. The summed E-state index contributed by atoms with van der Waals surface area (Å²) in [5.41, 5.74) is 0. The Morgan fingerprint density at radius 1 is 1.33 bits per heavy atom. The van der Waals surface area contributed by atoms with Crippen LogP contribution in [0.5, 0.6) is 0 Å². The Morgan fingerprint density at radius 2 is 2.00 bits per heavy atom. The first-order valence-corrected chi connectivity index (χ1v) is 8.38. The molecule has 1 N–H and O–H groups in total. The molecule has 1 fully saturated rings. The average molecular weight is 278 g/mol. The lowest BCUT2D eigenvalue weighted by Gasteiger charge is -2.28. The second kappa shape index (κ2) is 8.09. The van der Waals surface area contributed by atoms with E-state index in [1.165, 1.54) is 0 Å². The standard InChI is InChI=1S/C12H26N2O3S/c1-3-14(11-12-5-7-13-8-6-12)18(15,16)10-4-9-17-2/h12-13H,3-11H2,1-2H3. The van der Waals surface area contributed by atoms with Gasteiger partial charge in [-0.2, -0.15) is 0 Å². The number of ether oxygens (including phenoxy) is 1. The van der Waals surface area contributed by atoms with Crippen LogP contribution in [-0.2, 0) is 14.8 Å². The number of nitrogens with zero attached hydrogens (tertiary/aromatic N) is 1. The topological polar surface area (TPSA) is 58.6 Å². The fourth-order valence-corrected chi connectivity index (χ4v) is 3.88. The first kappa shape index (κ1) is 15.9. The number of piperidine rings is 1. The Labute approximate surface area is 111 Å². The highest BCUT2D eigenvalue weighted by Crippen LogP contribution is 2.16. The molecule has 1 rings (SSSR count). The van der Waals surface area contributed by atoms with Gasteiger partial charge < -0.3 is 10.1 Å². The third-order valence-electron chi connectivity index (χ3n) is 3.42. The van der Waals surface area contributed by atoms with E-state index in [0.717, 1.165) is 25.9 Å². The van der Waals surface area contributed by atoms with Crippen LogP contribution < -0.4 is 5.32 Å². The number of rotatable bonds is 8. The van der Waals surface area contributed by atoms with Crippen LogP contribution in [0.4, 0.5) is 0 Å². The maximum absolute atomic E-state index is 12.2. The molecule has 6 heteroatoms. The van der Waals surface area contributed by atoms with E-state index < -0.39 is 10.0 Å². The summed E-state index contributed by atoms with van der Waals surface area (Å²) in [6.45, 7) is 5.67. The normalized spacial score (nSPS) is 18.4. The van der Waals surface area contributed by atoms with E-state index in [-0.39, 0.29) is 5.75 Å². The second-order valence-electron chi connectivity index (χ2n) is 4.81. The van der Waals surface area contributed by atoms with Crippen LogP contribution >= 0.6 is 0 Å². The van der Waals surface area contributed by atoms with Crippen molar-refractivity contribution >= 4 is 10.0 Å². The monoisotopic (exact) mass is 278 g/mol. The largest absolute Gasteiger partial charge is 0.385 e. The molecule has 0 spiro atoms. The molecular formula is C12H26N2O3S. The molecule has 0 aromatic heterocycles. The Bertz CT molecular complexity index is 313. The Kier molecular flexibility index (Phi) is 7.14. The van der Waals surface area contributed by atoms with E-state index in [4.69, 9.17) is 4.74 Å². The number of hydrogen-bond acceptors (Lipinski definition) is 4. The predicted octanol–water partition coefficient (Wildman–Crippen LogP) is 0.674. The van der Waals surface area contributed by atoms with Gasteiger partial charge in [0.1, 0.15) is 0 Å². The molecule has 5 nitrogen and oxygen atoms in total. The Morgan fingerprint density at radius 3 is 2.56 bits per heavy atom. The van der Waals surface area contributed by atoms with E-state index in [1.54, 1.807) is 11.4 Å². The zero-order valence-electron chi connectivity index (χ0n) is 11.5. The van der Waals surface area contributed by atoms with Crippen LogP contribution in [0.1, 0.15) is 26.2 Å². The summed E-state index contributed by atoms with van der Waals surface area (Å²) in [7, 11) is -1.51. The fraction of sp³-hybridized carbons (Fsp3) is 1.00. The third kappa shape index (κ3) is 5.22. The molecule has 1 saturated heterocycles. The van der Waals surface area contributed by atoms with E-state index in [2.05, 4.69) is 5.32 Å². The lowest BCUT2D eigenvalue weighted by molar-refractivity contribution is 0.199. The smallest absolute Gasteiger partial charge is 0.214 e. The number of sulfonamides is 1. The van der Waals surface area contributed by atoms with Gasteiger partial charge in [0.25, 0.3) is 0 Å². The van der Waals surface area contributed by atoms with Crippen molar-refractivity contribution in [2.24, 2.45) is 5.92 Å². The summed E-state index contributed by atoms with van der Waals surface area (Å²) in [5, 5.41) is 3.30. The third-order valence-corrected chi connectivity index (χ3v) is 5.42. The molecule has 0 radical (unpaired) electrons. The van der Waals surface area contributed by atoms with Gasteiger partial charge in [0.15, 0.2) is 0 Å². The molecule has 0 aromatic rings. The van der Waals surface area contributed by atoms with E-state index >= 15 is 0 Å². The summed E-state index contributed by atoms with van der Waals surface area (Å²) < 4.78 is 30.9. The molecule has 0 aromatic carbocycles. The van der Waals surface area contributed by atoms with Gasteiger partial charge in [-0.05, 0) is 38.3 Å². The van der Waals surface area contributed by atoms with Gasteiger partial charge in [-0.25, -0.2) is 12.7 Å². The minimum atomic E-state index is -3.11. The van der Waals surface area contributed by atoms with Crippen LogP contribution in [0, 0.1) is 5.92 Å².